The Hall–Kier alpha value is -2.40. The van der Waals surface area contributed by atoms with Gasteiger partial charge in [0.15, 0.2) is 0 Å². The Labute approximate surface area is 151 Å². The van der Waals surface area contributed by atoms with Crippen LogP contribution in [-0.2, 0) is 10.3 Å². The van der Waals surface area contributed by atoms with Gasteiger partial charge in [0, 0.05) is 24.7 Å². The van der Waals surface area contributed by atoms with Crippen LogP contribution in [0.25, 0.3) is 0 Å². The molecule has 1 amide bonds. The Bertz CT molecular complexity index is 860. The molecule has 0 spiro atoms. The molecule has 2 saturated carbocycles. The van der Waals surface area contributed by atoms with Crippen molar-refractivity contribution in [3.05, 3.63) is 65.5 Å². The molecule has 0 saturated heterocycles. The predicted octanol–water partition coefficient (Wildman–Crippen LogP) is 2.71. The van der Waals surface area contributed by atoms with Crippen molar-refractivity contribution in [1.29, 1.82) is 0 Å². The number of fused-ring (bicyclic) bond motifs is 3. The third-order valence-electron chi connectivity index (χ3n) is 6.11. The van der Waals surface area contributed by atoms with E-state index in [1.54, 1.807) is 12.1 Å². The number of amides is 1. The van der Waals surface area contributed by atoms with E-state index in [2.05, 4.69) is 5.32 Å². The largest absolute Gasteiger partial charge is 0.493 e. The van der Waals surface area contributed by atoms with Crippen LogP contribution in [0.2, 0.25) is 0 Å². The minimum Gasteiger partial charge on any atom is -0.493 e. The number of hydrogen-bond donors (Lipinski definition) is 2. The molecule has 5 heteroatoms. The first kappa shape index (κ1) is 15.8. The number of rotatable bonds is 3. The highest BCUT2D eigenvalue weighted by atomic mass is 19.1. The second-order valence-electron chi connectivity index (χ2n) is 7.70. The van der Waals surface area contributed by atoms with E-state index in [0.29, 0.717) is 19.4 Å². The minimum absolute atomic E-state index is 0.00321. The van der Waals surface area contributed by atoms with Gasteiger partial charge in [0.2, 0.25) is 5.91 Å². The molecule has 3 unspecified atom stereocenters. The van der Waals surface area contributed by atoms with Crippen molar-refractivity contribution < 1.29 is 19.0 Å². The number of aliphatic hydroxyl groups excluding tert-OH is 1. The van der Waals surface area contributed by atoms with E-state index in [1.807, 2.05) is 24.3 Å². The van der Waals surface area contributed by atoms with Gasteiger partial charge in [-0.05, 0) is 29.3 Å². The second-order valence-corrected chi connectivity index (χ2v) is 7.70. The molecule has 0 radical (unpaired) electrons. The molecule has 4 nitrogen and oxygen atoms in total. The van der Waals surface area contributed by atoms with E-state index in [4.69, 9.17) is 4.74 Å². The number of benzene rings is 2. The number of para-hydroxylation sites is 1. The van der Waals surface area contributed by atoms with Crippen LogP contribution in [0.4, 0.5) is 4.39 Å². The van der Waals surface area contributed by atoms with Gasteiger partial charge in [0.05, 0.1) is 24.2 Å². The zero-order valence-electron chi connectivity index (χ0n) is 14.2. The summed E-state index contributed by atoms with van der Waals surface area (Å²) in [6.07, 6.45) is 0.477. The fourth-order valence-corrected chi connectivity index (χ4v) is 4.68. The maximum atomic E-state index is 13.3. The van der Waals surface area contributed by atoms with Crippen molar-refractivity contribution in [2.75, 3.05) is 6.61 Å². The van der Waals surface area contributed by atoms with E-state index in [-0.39, 0.29) is 29.5 Å². The third-order valence-corrected chi connectivity index (χ3v) is 6.11. The fourth-order valence-electron chi connectivity index (χ4n) is 4.68. The molecule has 2 aliphatic carbocycles. The van der Waals surface area contributed by atoms with Gasteiger partial charge in [-0.25, -0.2) is 4.39 Å². The average molecular weight is 353 g/mol. The summed E-state index contributed by atoms with van der Waals surface area (Å²) in [5.41, 5.74) is 1.35. The first-order valence-corrected chi connectivity index (χ1v) is 9.05. The zero-order valence-corrected chi connectivity index (χ0v) is 14.2. The summed E-state index contributed by atoms with van der Waals surface area (Å²) >= 11 is 0. The van der Waals surface area contributed by atoms with E-state index in [0.717, 1.165) is 16.9 Å². The summed E-state index contributed by atoms with van der Waals surface area (Å²) in [6, 6.07) is 14.1. The standard InChI is InChI=1S/C21H20FNO3/c22-13-7-5-12(6-8-13)21(9-14(24)10-21)23-20(25)19-16-11-26-17-4-2-1-3-15(17)18(16)19/h1-8,14,16,18-19,24H,9-11H2,(H,23,25). The molecule has 1 heterocycles. The second kappa shape index (κ2) is 5.55. The highest BCUT2D eigenvalue weighted by Crippen LogP contribution is 2.59. The molecule has 5 rings (SSSR count). The molecule has 2 aromatic rings. The van der Waals surface area contributed by atoms with Crippen LogP contribution in [0.1, 0.15) is 29.9 Å². The van der Waals surface area contributed by atoms with Crippen molar-refractivity contribution in [2.45, 2.75) is 30.4 Å². The first-order chi connectivity index (χ1) is 12.6. The molecule has 2 aromatic carbocycles. The highest BCUT2D eigenvalue weighted by molar-refractivity contribution is 5.85. The first-order valence-electron chi connectivity index (χ1n) is 9.05. The van der Waals surface area contributed by atoms with Gasteiger partial charge >= 0.3 is 0 Å². The Morgan fingerprint density at radius 1 is 1.15 bits per heavy atom. The fraction of sp³-hybridized carbons (Fsp3) is 0.381. The van der Waals surface area contributed by atoms with E-state index < -0.39 is 11.6 Å². The highest BCUT2D eigenvalue weighted by Gasteiger charge is 2.60. The molecule has 0 bridgehead atoms. The Morgan fingerprint density at radius 2 is 1.88 bits per heavy atom. The monoisotopic (exact) mass is 353 g/mol. The van der Waals surface area contributed by atoms with Gasteiger partial charge in [-0.15, -0.1) is 0 Å². The van der Waals surface area contributed by atoms with Crippen LogP contribution in [0.3, 0.4) is 0 Å². The van der Waals surface area contributed by atoms with Crippen molar-refractivity contribution >= 4 is 5.91 Å². The minimum atomic E-state index is -0.601. The molecular formula is C21H20FNO3. The maximum Gasteiger partial charge on any atom is 0.224 e. The lowest BCUT2D eigenvalue weighted by Gasteiger charge is -2.46. The van der Waals surface area contributed by atoms with Gasteiger partial charge in [0.1, 0.15) is 11.6 Å². The van der Waals surface area contributed by atoms with Crippen molar-refractivity contribution in [3.63, 3.8) is 0 Å². The van der Waals surface area contributed by atoms with Crippen molar-refractivity contribution in [3.8, 4) is 5.75 Å². The zero-order chi connectivity index (χ0) is 17.9. The SMILES string of the molecule is O=C(NC1(c2ccc(F)cc2)CC(O)C1)C1C2COc3ccccc3C21. The third kappa shape index (κ3) is 2.34. The van der Waals surface area contributed by atoms with Crippen molar-refractivity contribution in [2.24, 2.45) is 11.8 Å². The van der Waals surface area contributed by atoms with Crippen LogP contribution in [0.5, 0.6) is 5.75 Å². The van der Waals surface area contributed by atoms with Crippen LogP contribution in [0.15, 0.2) is 48.5 Å². The van der Waals surface area contributed by atoms with Gasteiger partial charge in [-0.1, -0.05) is 30.3 Å². The number of aliphatic hydroxyl groups is 1. The van der Waals surface area contributed by atoms with Gasteiger partial charge in [0.25, 0.3) is 0 Å². The Balaban J connectivity index is 1.37. The van der Waals surface area contributed by atoms with Crippen LogP contribution >= 0.6 is 0 Å². The summed E-state index contributed by atoms with van der Waals surface area (Å²) in [6.45, 7) is 0.561. The Kier molecular flexibility index (Phi) is 3.38. The van der Waals surface area contributed by atoms with Gasteiger partial charge in [-0.3, -0.25) is 4.79 Å². The van der Waals surface area contributed by atoms with Gasteiger partial charge < -0.3 is 15.2 Å². The molecule has 1 aliphatic heterocycles. The summed E-state index contributed by atoms with van der Waals surface area (Å²) in [5, 5.41) is 13.0. The lowest BCUT2D eigenvalue weighted by Crippen LogP contribution is -2.57. The maximum absolute atomic E-state index is 13.3. The summed E-state index contributed by atoms with van der Waals surface area (Å²) in [5.74, 6) is 0.870. The van der Waals surface area contributed by atoms with E-state index >= 15 is 0 Å². The Morgan fingerprint density at radius 3 is 2.62 bits per heavy atom. The van der Waals surface area contributed by atoms with Crippen LogP contribution in [0, 0.1) is 17.7 Å². The normalized spacial score (nSPS) is 33.9. The van der Waals surface area contributed by atoms with Crippen LogP contribution < -0.4 is 10.1 Å². The molecular weight excluding hydrogens is 333 g/mol. The molecule has 2 fully saturated rings. The molecule has 2 N–H and O–H groups in total. The quantitative estimate of drug-likeness (QED) is 0.892. The number of ether oxygens (including phenoxy) is 1. The van der Waals surface area contributed by atoms with Gasteiger partial charge in [-0.2, -0.15) is 0 Å². The predicted molar refractivity (Wildman–Crippen MR) is 93.1 cm³/mol. The number of nitrogens with one attached hydrogen (secondary N) is 1. The molecule has 3 atom stereocenters. The smallest absolute Gasteiger partial charge is 0.224 e. The number of hydrogen-bond acceptors (Lipinski definition) is 3. The lowest BCUT2D eigenvalue weighted by molar-refractivity contribution is -0.128. The van der Waals surface area contributed by atoms with E-state index in [1.165, 1.54) is 12.1 Å². The molecule has 3 aliphatic rings. The molecule has 0 aromatic heterocycles. The summed E-state index contributed by atoms with van der Waals surface area (Å²) in [7, 11) is 0. The van der Waals surface area contributed by atoms with Crippen LogP contribution in [-0.4, -0.2) is 23.7 Å². The van der Waals surface area contributed by atoms with Crippen molar-refractivity contribution in [1.82, 2.24) is 5.32 Å². The summed E-state index contributed by atoms with van der Waals surface area (Å²) in [4.78, 5) is 13.0. The number of carbonyl (C=O) groups excluding carboxylic acids is 1. The number of carbonyl (C=O) groups is 1. The van der Waals surface area contributed by atoms with E-state index in [9.17, 15) is 14.3 Å². The topological polar surface area (TPSA) is 58.6 Å². The molecule has 134 valence electrons. The summed E-state index contributed by atoms with van der Waals surface area (Å²) < 4.78 is 19.0. The molecule has 26 heavy (non-hydrogen) atoms. The lowest BCUT2D eigenvalue weighted by atomic mass is 9.69. The number of halogens is 1. The average Bonchev–Trinajstić information content (AvgIpc) is 3.36.